The van der Waals surface area contributed by atoms with Gasteiger partial charge >= 0.3 is 0 Å². The first-order chi connectivity index (χ1) is 16.4. The van der Waals surface area contributed by atoms with Crippen molar-refractivity contribution in [2.24, 2.45) is 5.73 Å². The Morgan fingerprint density at radius 2 is 1.94 bits per heavy atom. The van der Waals surface area contributed by atoms with Crippen LogP contribution in [0, 0.1) is 13.8 Å². The Bertz CT molecular complexity index is 1600. The highest BCUT2D eigenvalue weighted by atomic mass is 16.5. The summed E-state index contributed by atoms with van der Waals surface area (Å²) in [7, 11) is 1.57. The highest BCUT2D eigenvalue weighted by Gasteiger charge is 2.18. The zero-order valence-corrected chi connectivity index (χ0v) is 19.0. The van der Waals surface area contributed by atoms with Gasteiger partial charge in [-0.15, -0.1) is 0 Å². The maximum Gasteiger partial charge on any atom is 0.254 e. The van der Waals surface area contributed by atoms with Crippen molar-refractivity contribution in [3.05, 3.63) is 65.1 Å². The molecular formula is C25H23N5O4. The predicted octanol–water partition coefficient (Wildman–Crippen LogP) is 3.92. The molecule has 0 saturated heterocycles. The topological polar surface area (TPSA) is 125 Å². The highest BCUT2D eigenvalue weighted by Crippen LogP contribution is 2.36. The van der Waals surface area contributed by atoms with Crippen molar-refractivity contribution < 1.29 is 18.7 Å². The molecule has 3 aromatic heterocycles. The molecule has 0 aliphatic rings. The normalized spacial score (nSPS) is 11.4. The van der Waals surface area contributed by atoms with Crippen LogP contribution in [0.15, 0.2) is 47.0 Å². The van der Waals surface area contributed by atoms with Crippen LogP contribution < -0.4 is 15.8 Å². The minimum atomic E-state index is -0.580. The molecule has 34 heavy (non-hydrogen) atoms. The summed E-state index contributed by atoms with van der Waals surface area (Å²) in [6, 6.07) is 11.4. The second-order valence-electron chi connectivity index (χ2n) is 8.11. The summed E-state index contributed by atoms with van der Waals surface area (Å²) in [5.41, 5.74) is 10.5. The van der Waals surface area contributed by atoms with E-state index >= 15 is 0 Å². The number of anilines is 1. The Balaban J connectivity index is 1.39. The van der Waals surface area contributed by atoms with Gasteiger partial charge in [-0.05, 0) is 38.0 Å². The molecule has 172 valence electrons. The third-order valence-corrected chi connectivity index (χ3v) is 6.05. The van der Waals surface area contributed by atoms with E-state index in [0.717, 1.165) is 33.3 Å². The van der Waals surface area contributed by atoms with Crippen molar-refractivity contribution >= 4 is 45.1 Å². The van der Waals surface area contributed by atoms with E-state index < -0.39 is 5.91 Å². The molecule has 0 aliphatic heterocycles. The lowest BCUT2D eigenvalue weighted by Gasteiger charge is -2.13. The van der Waals surface area contributed by atoms with E-state index in [2.05, 4.69) is 15.4 Å². The van der Waals surface area contributed by atoms with Gasteiger partial charge in [0, 0.05) is 34.6 Å². The minimum Gasteiger partial charge on any atom is -0.495 e. The Labute approximate surface area is 194 Å². The predicted molar refractivity (Wildman–Crippen MR) is 128 cm³/mol. The van der Waals surface area contributed by atoms with Gasteiger partial charge in [0.2, 0.25) is 5.91 Å². The number of aromatic nitrogens is 3. The average Bonchev–Trinajstić information content (AvgIpc) is 3.39. The number of furan rings is 1. The van der Waals surface area contributed by atoms with Gasteiger partial charge in [0.25, 0.3) is 5.91 Å². The minimum absolute atomic E-state index is 0.175. The molecule has 5 aromatic rings. The Kier molecular flexibility index (Phi) is 5.16. The number of benzene rings is 2. The van der Waals surface area contributed by atoms with E-state index in [0.29, 0.717) is 29.1 Å². The number of aryl methyl sites for hydroxylation is 2. The Morgan fingerprint density at radius 1 is 1.15 bits per heavy atom. The number of ether oxygens (including phenoxy) is 1. The molecule has 3 N–H and O–H groups in total. The fraction of sp³-hybridized carbons (Fsp3) is 0.200. The van der Waals surface area contributed by atoms with Gasteiger partial charge in [0.15, 0.2) is 5.65 Å². The molecule has 0 saturated carbocycles. The summed E-state index contributed by atoms with van der Waals surface area (Å²) in [5.74, 6) is -0.201. The van der Waals surface area contributed by atoms with Crippen molar-refractivity contribution in [3.63, 3.8) is 0 Å². The van der Waals surface area contributed by atoms with Crippen molar-refractivity contribution in [3.8, 4) is 5.75 Å². The zero-order valence-electron chi connectivity index (χ0n) is 19.0. The van der Waals surface area contributed by atoms with Crippen LogP contribution in [0.2, 0.25) is 0 Å². The summed E-state index contributed by atoms with van der Waals surface area (Å²) in [6.07, 6.45) is 2.08. The molecule has 9 nitrogen and oxygen atoms in total. The number of amides is 2. The molecule has 9 heteroatoms. The number of nitrogens with one attached hydrogen (secondary N) is 1. The van der Waals surface area contributed by atoms with Crippen molar-refractivity contribution in [1.29, 1.82) is 0 Å². The molecule has 2 aromatic carbocycles. The number of carbonyl (C=O) groups excluding carboxylic acids is 2. The number of nitrogens with two attached hydrogens (primary N) is 1. The zero-order chi connectivity index (χ0) is 24.0. The molecule has 0 bridgehead atoms. The van der Waals surface area contributed by atoms with E-state index in [9.17, 15) is 9.59 Å². The van der Waals surface area contributed by atoms with Gasteiger partial charge in [0.1, 0.15) is 22.5 Å². The molecular weight excluding hydrogens is 434 g/mol. The van der Waals surface area contributed by atoms with Crippen LogP contribution >= 0.6 is 0 Å². The lowest BCUT2D eigenvalue weighted by Crippen LogP contribution is -2.15. The lowest BCUT2D eigenvalue weighted by atomic mass is 10.1. The van der Waals surface area contributed by atoms with Crippen LogP contribution in [0.3, 0.4) is 0 Å². The maximum atomic E-state index is 12.8. The second kappa shape index (κ2) is 8.18. The Hall–Kier alpha value is -4.40. The number of primary amides is 1. The Morgan fingerprint density at radius 3 is 2.71 bits per heavy atom. The fourth-order valence-electron chi connectivity index (χ4n) is 4.32. The smallest absolute Gasteiger partial charge is 0.254 e. The van der Waals surface area contributed by atoms with E-state index in [1.165, 1.54) is 6.20 Å². The first-order valence-electron chi connectivity index (χ1n) is 10.8. The number of hydrogen-bond donors (Lipinski definition) is 2. The van der Waals surface area contributed by atoms with Crippen molar-refractivity contribution in [2.45, 2.75) is 26.7 Å². The highest BCUT2D eigenvalue weighted by molar-refractivity contribution is 6.07. The van der Waals surface area contributed by atoms with Crippen LogP contribution in [0.1, 0.15) is 33.7 Å². The number of hydrogen-bond acceptors (Lipinski definition) is 6. The molecule has 2 amide bonds. The SMILES string of the molecule is COc1cc2c(cc1NC(=O)CCc1c(C)nc3c(C(N)=O)cnn3c1C)oc1ccccc12. The van der Waals surface area contributed by atoms with Gasteiger partial charge in [0.05, 0.1) is 19.0 Å². The van der Waals surface area contributed by atoms with Crippen molar-refractivity contribution in [1.82, 2.24) is 14.6 Å². The number of para-hydroxylation sites is 1. The molecule has 0 spiro atoms. The second-order valence-corrected chi connectivity index (χ2v) is 8.11. The molecule has 0 unspecified atom stereocenters. The molecule has 0 fully saturated rings. The molecule has 3 heterocycles. The summed E-state index contributed by atoms with van der Waals surface area (Å²) in [6.45, 7) is 3.72. The number of nitrogens with zero attached hydrogens (tertiary/aromatic N) is 3. The van der Waals surface area contributed by atoms with E-state index in [1.807, 2.05) is 44.2 Å². The fourth-order valence-corrected chi connectivity index (χ4v) is 4.32. The first kappa shape index (κ1) is 21.4. The van der Waals surface area contributed by atoms with Gasteiger partial charge in [-0.1, -0.05) is 18.2 Å². The van der Waals surface area contributed by atoms with E-state index in [-0.39, 0.29) is 17.9 Å². The van der Waals surface area contributed by atoms with Crippen LogP contribution in [0.5, 0.6) is 5.75 Å². The third-order valence-electron chi connectivity index (χ3n) is 6.05. The number of fused-ring (bicyclic) bond motifs is 4. The average molecular weight is 457 g/mol. The van der Waals surface area contributed by atoms with Crippen LogP contribution in [0.25, 0.3) is 27.6 Å². The maximum absolute atomic E-state index is 12.8. The molecule has 0 aliphatic carbocycles. The monoisotopic (exact) mass is 457 g/mol. The van der Waals surface area contributed by atoms with Crippen LogP contribution in [-0.4, -0.2) is 33.5 Å². The van der Waals surface area contributed by atoms with Crippen LogP contribution in [0.4, 0.5) is 5.69 Å². The number of carbonyl (C=O) groups is 2. The largest absolute Gasteiger partial charge is 0.495 e. The van der Waals surface area contributed by atoms with Gasteiger partial charge in [-0.3, -0.25) is 9.59 Å². The first-order valence-corrected chi connectivity index (χ1v) is 10.8. The van der Waals surface area contributed by atoms with Gasteiger partial charge < -0.3 is 20.2 Å². The van der Waals surface area contributed by atoms with Crippen LogP contribution in [-0.2, 0) is 11.2 Å². The number of rotatable bonds is 6. The quantitative estimate of drug-likeness (QED) is 0.398. The summed E-state index contributed by atoms with van der Waals surface area (Å²) < 4.78 is 13.0. The van der Waals surface area contributed by atoms with E-state index in [1.54, 1.807) is 17.7 Å². The van der Waals surface area contributed by atoms with Gasteiger partial charge in [-0.25, -0.2) is 9.50 Å². The summed E-state index contributed by atoms with van der Waals surface area (Å²) in [5, 5.41) is 9.08. The third kappa shape index (κ3) is 3.51. The lowest BCUT2D eigenvalue weighted by molar-refractivity contribution is -0.116. The standard InChI is InChI=1S/C25H23N5O4/c1-13-15(14(2)30-25(28-13)18(12-27-30)24(26)32)8-9-23(31)29-19-11-21-17(10-22(19)33-3)16-6-4-5-7-20(16)34-21/h4-7,10-12H,8-9H2,1-3H3,(H2,26,32)(H,29,31). The van der Waals surface area contributed by atoms with E-state index in [4.69, 9.17) is 14.9 Å². The summed E-state index contributed by atoms with van der Waals surface area (Å²) >= 11 is 0. The molecule has 0 atom stereocenters. The number of methoxy groups -OCH3 is 1. The van der Waals surface area contributed by atoms with Gasteiger partial charge in [-0.2, -0.15) is 5.10 Å². The van der Waals surface area contributed by atoms with Crippen molar-refractivity contribution in [2.75, 3.05) is 12.4 Å². The molecule has 0 radical (unpaired) electrons. The molecule has 5 rings (SSSR count). The summed E-state index contributed by atoms with van der Waals surface area (Å²) in [4.78, 5) is 29.0.